The molecule has 0 aliphatic rings. The van der Waals surface area contributed by atoms with E-state index in [-0.39, 0.29) is 5.75 Å². The van der Waals surface area contributed by atoms with Gasteiger partial charge in [-0.3, -0.25) is 4.98 Å². The van der Waals surface area contributed by atoms with Gasteiger partial charge in [-0.2, -0.15) is 0 Å². The fraction of sp³-hybridized carbons (Fsp3) is 0.545. The molecule has 0 saturated heterocycles. The quantitative estimate of drug-likeness (QED) is 0.770. The van der Waals surface area contributed by atoms with E-state index < -0.39 is 0 Å². The second kappa shape index (κ2) is 4.96. The Balaban J connectivity index is 2.62. The van der Waals surface area contributed by atoms with Gasteiger partial charge in [-0.15, -0.1) is 0 Å². The lowest BCUT2D eigenvalue weighted by molar-refractivity contribution is 0.451. The van der Waals surface area contributed by atoms with Crippen LogP contribution < -0.4 is 5.32 Å². The number of pyridine rings is 1. The van der Waals surface area contributed by atoms with Gasteiger partial charge in [0.05, 0.1) is 5.69 Å². The van der Waals surface area contributed by atoms with Crippen molar-refractivity contribution in [1.29, 1.82) is 0 Å². The Hall–Kier alpha value is -1.09. The molecular formula is C11H18N2O. The first kappa shape index (κ1) is 11.0. The Morgan fingerprint density at radius 3 is 2.86 bits per heavy atom. The summed E-state index contributed by atoms with van der Waals surface area (Å²) < 4.78 is 0. The topological polar surface area (TPSA) is 45.2 Å². The van der Waals surface area contributed by atoms with Crippen molar-refractivity contribution in [2.75, 3.05) is 0 Å². The molecule has 0 spiro atoms. The third kappa shape index (κ3) is 3.00. The van der Waals surface area contributed by atoms with E-state index in [2.05, 4.69) is 24.1 Å². The maximum Gasteiger partial charge on any atom is 0.138 e. The molecule has 1 aromatic heterocycles. The zero-order valence-corrected chi connectivity index (χ0v) is 9.04. The highest BCUT2D eigenvalue weighted by Gasteiger charge is 2.04. The Bertz CT molecular complexity index is 299. The first-order chi connectivity index (χ1) is 6.63. The van der Waals surface area contributed by atoms with Crippen LogP contribution in [-0.4, -0.2) is 16.1 Å². The van der Waals surface area contributed by atoms with Crippen LogP contribution >= 0.6 is 0 Å². The monoisotopic (exact) mass is 194 g/mol. The van der Waals surface area contributed by atoms with Crippen LogP contribution in [0.1, 0.15) is 31.7 Å². The largest absolute Gasteiger partial charge is 0.506 e. The smallest absolute Gasteiger partial charge is 0.138 e. The minimum atomic E-state index is 0.270. The summed E-state index contributed by atoms with van der Waals surface area (Å²) in [5, 5.41) is 12.8. The van der Waals surface area contributed by atoms with Gasteiger partial charge in [-0.05, 0) is 32.4 Å². The Morgan fingerprint density at radius 1 is 1.50 bits per heavy atom. The summed E-state index contributed by atoms with van der Waals surface area (Å²) in [6.07, 6.45) is 1.08. The van der Waals surface area contributed by atoms with E-state index in [4.69, 9.17) is 0 Å². The van der Waals surface area contributed by atoms with Gasteiger partial charge in [0, 0.05) is 18.3 Å². The number of nitrogens with zero attached hydrogens (tertiary/aromatic N) is 1. The molecule has 0 amide bonds. The molecule has 0 aromatic carbocycles. The summed E-state index contributed by atoms with van der Waals surface area (Å²) in [6, 6.07) is 3.95. The molecule has 0 aliphatic heterocycles. The number of aromatic hydroxyl groups is 1. The predicted molar refractivity (Wildman–Crippen MR) is 57.2 cm³/mol. The van der Waals surface area contributed by atoms with Gasteiger partial charge in [0.25, 0.3) is 0 Å². The molecule has 1 unspecified atom stereocenters. The van der Waals surface area contributed by atoms with Crippen LogP contribution in [0, 0.1) is 6.92 Å². The standard InChI is InChI=1S/C11H18N2O/c1-4-8(2)12-7-10-11(14)6-5-9(3)13-10/h5-6,8,12,14H,4,7H2,1-3H3. The minimum Gasteiger partial charge on any atom is -0.506 e. The molecular weight excluding hydrogens is 176 g/mol. The zero-order valence-electron chi connectivity index (χ0n) is 9.04. The fourth-order valence-electron chi connectivity index (χ4n) is 1.15. The molecule has 1 rings (SSSR count). The van der Waals surface area contributed by atoms with E-state index in [0.717, 1.165) is 17.8 Å². The second-order valence-electron chi connectivity index (χ2n) is 3.61. The molecule has 2 N–H and O–H groups in total. The predicted octanol–water partition coefficient (Wildman–Crippen LogP) is 1.98. The van der Waals surface area contributed by atoms with Gasteiger partial charge in [0.1, 0.15) is 5.75 Å². The maximum absolute atomic E-state index is 9.52. The molecule has 0 radical (unpaired) electrons. The average Bonchev–Trinajstić information content (AvgIpc) is 2.19. The Kier molecular flexibility index (Phi) is 3.89. The molecule has 3 nitrogen and oxygen atoms in total. The van der Waals surface area contributed by atoms with E-state index in [1.807, 2.05) is 13.0 Å². The van der Waals surface area contributed by atoms with Crippen molar-refractivity contribution < 1.29 is 5.11 Å². The van der Waals surface area contributed by atoms with Crippen LogP contribution in [-0.2, 0) is 6.54 Å². The highest BCUT2D eigenvalue weighted by Crippen LogP contribution is 2.14. The third-order valence-corrected chi connectivity index (χ3v) is 2.32. The molecule has 3 heteroatoms. The SMILES string of the molecule is CCC(C)NCc1nc(C)ccc1O. The summed E-state index contributed by atoms with van der Waals surface area (Å²) >= 11 is 0. The highest BCUT2D eigenvalue weighted by atomic mass is 16.3. The number of nitrogens with one attached hydrogen (secondary N) is 1. The first-order valence-electron chi connectivity index (χ1n) is 5.02. The third-order valence-electron chi connectivity index (χ3n) is 2.32. The van der Waals surface area contributed by atoms with Gasteiger partial charge in [0.15, 0.2) is 0 Å². The second-order valence-corrected chi connectivity index (χ2v) is 3.61. The molecule has 14 heavy (non-hydrogen) atoms. The Labute approximate surface area is 85.2 Å². The van der Waals surface area contributed by atoms with Crippen LogP contribution in [0.25, 0.3) is 0 Å². The van der Waals surface area contributed by atoms with Crippen molar-refractivity contribution in [2.24, 2.45) is 0 Å². The lowest BCUT2D eigenvalue weighted by Crippen LogP contribution is -2.25. The van der Waals surface area contributed by atoms with Gasteiger partial charge < -0.3 is 10.4 Å². The molecule has 1 atom stereocenters. The molecule has 1 heterocycles. The number of hydrogen-bond donors (Lipinski definition) is 2. The van der Waals surface area contributed by atoms with Gasteiger partial charge in [-0.25, -0.2) is 0 Å². The van der Waals surface area contributed by atoms with Gasteiger partial charge in [0.2, 0.25) is 0 Å². The van der Waals surface area contributed by atoms with Gasteiger partial charge in [-0.1, -0.05) is 6.92 Å². The highest BCUT2D eigenvalue weighted by molar-refractivity contribution is 5.27. The maximum atomic E-state index is 9.52. The summed E-state index contributed by atoms with van der Waals surface area (Å²) in [5.74, 6) is 0.270. The minimum absolute atomic E-state index is 0.270. The van der Waals surface area contributed by atoms with Crippen molar-refractivity contribution in [1.82, 2.24) is 10.3 Å². The number of rotatable bonds is 4. The Morgan fingerprint density at radius 2 is 2.21 bits per heavy atom. The van der Waals surface area contributed by atoms with Crippen molar-refractivity contribution >= 4 is 0 Å². The van der Waals surface area contributed by atoms with Crippen LogP contribution in [0.4, 0.5) is 0 Å². The molecule has 0 bridgehead atoms. The van der Waals surface area contributed by atoms with E-state index in [1.54, 1.807) is 6.07 Å². The number of aromatic nitrogens is 1. The van der Waals surface area contributed by atoms with Crippen molar-refractivity contribution in [3.8, 4) is 5.75 Å². The summed E-state index contributed by atoms with van der Waals surface area (Å²) in [5.41, 5.74) is 1.66. The molecule has 0 aliphatic carbocycles. The van der Waals surface area contributed by atoms with Crippen LogP contribution in [0.15, 0.2) is 12.1 Å². The van der Waals surface area contributed by atoms with Crippen molar-refractivity contribution in [2.45, 2.75) is 39.8 Å². The van der Waals surface area contributed by atoms with Gasteiger partial charge >= 0.3 is 0 Å². The normalized spacial score (nSPS) is 12.8. The van der Waals surface area contributed by atoms with E-state index in [1.165, 1.54) is 0 Å². The number of aryl methyl sites for hydroxylation is 1. The molecule has 0 fully saturated rings. The molecule has 1 aromatic rings. The lowest BCUT2D eigenvalue weighted by atomic mass is 10.2. The van der Waals surface area contributed by atoms with Crippen LogP contribution in [0.3, 0.4) is 0 Å². The van der Waals surface area contributed by atoms with E-state index >= 15 is 0 Å². The van der Waals surface area contributed by atoms with Crippen LogP contribution in [0.2, 0.25) is 0 Å². The van der Waals surface area contributed by atoms with E-state index in [0.29, 0.717) is 12.6 Å². The summed E-state index contributed by atoms with van der Waals surface area (Å²) in [6.45, 7) is 6.79. The molecule has 0 saturated carbocycles. The van der Waals surface area contributed by atoms with Crippen molar-refractivity contribution in [3.63, 3.8) is 0 Å². The average molecular weight is 194 g/mol. The number of hydrogen-bond acceptors (Lipinski definition) is 3. The first-order valence-corrected chi connectivity index (χ1v) is 5.02. The van der Waals surface area contributed by atoms with E-state index in [9.17, 15) is 5.11 Å². The zero-order chi connectivity index (χ0) is 10.6. The summed E-state index contributed by atoms with van der Waals surface area (Å²) in [7, 11) is 0. The summed E-state index contributed by atoms with van der Waals surface area (Å²) in [4.78, 5) is 4.27. The lowest BCUT2D eigenvalue weighted by Gasteiger charge is -2.11. The van der Waals surface area contributed by atoms with Crippen molar-refractivity contribution in [3.05, 3.63) is 23.5 Å². The molecule has 78 valence electrons. The van der Waals surface area contributed by atoms with Crippen LogP contribution in [0.5, 0.6) is 5.75 Å². The fourth-order valence-corrected chi connectivity index (χ4v) is 1.15.